The molecule has 3 heteroatoms. The summed E-state index contributed by atoms with van der Waals surface area (Å²) in [5, 5.41) is 4.20. The van der Waals surface area contributed by atoms with E-state index >= 15 is 0 Å². The van der Waals surface area contributed by atoms with Gasteiger partial charge in [-0.3, -0.25) is 0 Å². The van der Waals surface area contributed by atoms with Gasteiger partial charge < -0.3 is 10.2 Å². The summed E-state index contributed by atoms with van der Waals surface area (Å²) in [7, 11) is 0. The molecule has 1 fully saturated rings. The number of hydrogen-bond donors (Lipinski definition) is 1. The maximum absolute atomic E-state index is 5.14. The molecule has 0 radical (unpaired) electrons. The summed E-state index contributed by atoms with van der Waals surface area (Å²) in [6.07, 6.45) is 0.991. The van der Waals surface area contributed by atoms with Crippen LogP contribution in [-0.2, 0) is 4.74 Å². The highest BCUT2D eigenvalue weighted by Gasteiger charge is 2.07. The van der Waals surface area contributed by atoms with Crippen LogP contribution in [-0.4, -0.2) is 25.5 Å². The van der Waals surface area contributed by atoms with Crippen molar-refractivity contribution in [3.8, 4) is 0 Å². The van der Waals surface area contributed by atoms with Crippen LogP contribution in [0.4, 0.5) is 0 Å². The van der Waals surface area contributed by atoms with Crippen LogP contribution >= 0.6 is 0 Å². The summed E-state index contributed by atoms with van der Waals surface area (Å²) in [5.41, 5.74) is 4.18. The number of hydrogen-bond acceptors (Lipinski definition) is 3. The molecule has 1 heterocycles. The van der Waals surface area contributed by atoms with E-state index in [0.29, 0.717) is 12.5 Å². The summed E-state index contributed by atoms with van der Waals surface area (Å²) in [4.78, 5) is 0. The number of nitrogens with one attached hydrogen (secondary N) is 1. The number of ether oxygens (including phenoxy) is 1. The summed E-state index contributed by atoms with van der Waals surface area (Å²) in [6.45, 7) is 6.83. The minimum Gasteiger partial charge on any atom is -0.375 e. The lowest BCUT2D eigenvalue weighted by atomic mass is 10.2. The molecular weight excluding hydrogens is 140 g/mol. The summed E-state index contributed by atoms with van der Waals surface area (Å²) < 4.78 is 5.14. The van der Waals surface area contributed by atoms with Crippen molar-refractivity contribution in [2.24, 2.45) is 11.0 Å². The highest BCUT2D eigenvalue weighted by molar-refractivity contribution is 5.86. The van der Waals surface area contributed by atoms with E-state index < -0.39 is 0 Å². The van der Waals surface area contributed by atoms with Gasteiger partial charge in [0.15, 0.2) is 0 Å². The first-order valence-electron chi connectivity index (χ1n) is 4.15. The van der Waals surface area contributed by atoms with Crippen molar-refractivity contribution in [1.82, 2.24) is 5.43 Å². The van der Waals surface area contributed by atoms with E-state index in [2.05, 4.69) is 24.4 Å². The minimum absolute atomic E-state index is 0.654. The molecular formula is C8H16N2O. The van der Waals surface area contributed by atoms with E-state index in [1.165, 1.54) is 0 Å². The number of rotatable bonds is 3. The predicted molar refractivity (Wildman–Crippen MR) is 45.7 cm³/mol. The van der Waals surface area contributed by atoms with Gasteiger partial charge in [0.2, 0.25) is 0 Å². The molecule has 0 aromatic carbocycles. The average molecular weight is 156 g/mol. The molecule has 1 N–H and O–H groups in total. The monoisotopic (exact) mass is 156 g/mol. The van der Waals surface area contributed by atoms with Crippen molar-refractivity contribution in [2.75, 3.05) is 19.8 Å². The Kier molecular flexibility index (Phi) is 3.36. The first-order valence-corrected chi connectivity index (χ1v) is 4.15. The molecule has 1 aliphatic heterocycles. The van der Waals surface area contributed by atoms with E-state index in [9.17, 15) is 0 Å². The second-order valence-corrected chi connectivity index (χ2v) is 3.24. The molecule has 0 spiro atoms. The first-order chi connectivity index (χ1) is 5.29. The zero-order valence-electron chi connectivity index (χ0n) is 7.26. The molecule has 0 saturated carbocycles. The number of hydrazone groups is 1. The Bertz CT molecular complexity index is 135. The lowest BCUT2D eigenvalue weighted by Crippen LogP contribution is -2.16. The van der Waals surface area contributed by atoms with Crippen LogP contribution in [0.25, 0.3) is 0 Å². The molecule has 64 valence electrons. The molecule has 11 heavy (non-hydrogen) atoms. The van der Waals surface area contributed by atoms with Gasteiger partial charge in [0.1, 0.15) is 0 Å². The first kappa shape index (κ1) is 8.53. The van der Waals surface area contributed by atoms with Gasteiger partial charge in [-0.05, 0) is 5.92 Å². The van der Waals surface area contributed by atoms with Gasteiger partial charge in [-0.15, -0.1) is 0 Å². The Morgan fingerprint density at radius 2 is 2.45 bits per heavy atom. The fraction of sp³-hybridized carbons (Fsp3) is 0.875. The van der Waals surface area contributed by atoms with Crippen molar-refractivity contribution in [1.29, 1.82) is 0 Å². The van der Waals surface area contributed by atoms with Gasteiger partial charge in [0, 0.05) is 13.0 Å². The Morgan fingerprint density at radius 3 is 3.00 bits per heavy atom. The van der Waals surface area contributed by atoms with Gasteiger partial charge in [0.05, 0.1) is 18.9 Å². The van der Waals surface area contributed by atoms with E-state index in [1.807, 2.05) is 0 Å². The van der Waals surface area contributed by atoms with Crippen molar-refractivity contribution in [3.63, 3.8) is 0 Å². The molecule has 0 amide bonds. The second kappa shape index (κ2) is 4.34. The Morgan fingerprint density at radius 1 is 1.64 bits per heavy atom. The molecule has 1 aliphatic rings. The molecule has 0 bridgehead atoms. The second-order valence-electron chi connectivity index (χ2n) is 3.24. The molecule has 3 nitrogen and oxygen atoms in total. The molecule has 0 unspecified atom stereocenters. The zero-order valence-corrected chi connectivity index (χ0v) is 7.26. The number of nitrogens with zero attached hydrogens (tertiary/aromatic N) is 1. The summed E-state index contributed by atoms with van der Waals surface area (Å²) in [6, 6.07) is 0. The van der Waals surface area contributed by atoms with E-state index in [1.54, 1.807) is 0 Å². The van der Waals surface area contributed by atoms with Crippen LogP contribution in [0.15, 0.2) is 5.10 Å². The third kappa shape index (κ3) is 3.37. The van der Waals surface area contributed by atoms with Gasteiger partial charge in [-0.2, -0.15) is 5.10 Å². The summed E-state index contributed by atoms with van der Waals surface area (Å²) >= 11 is 0. The van der Waals surface area contributed by atoms with Gasteiger partial charge in [0.25, 0.3) is 0 Å². The zero-order chi connectivity index (χ0) is 8.10. The van der Waals surface area contributed by atoms with Crippen LogP contribution in [0.2, 0.25) is 0 Å². The lowest BCUT2D eigenvalue weighted by Gasteiger charge is -2.03. The van der Waals surface area contributed by atoms with Crippen molar-refractivity contribution in [2.45, 2.75) is 20.3 Å². The molecule has 0 aliphatic carbocycles. The molecule has 0 atom stereocenters. The fourth-order valence-electron chi connectivity index (χ4n) is 0.880. The standard InChI is InChI=1S/C8H16N2O/c1-7(2)5-9-10-8-3-4-11-6-8/h7,9H,3-6H2,1-2H3/b10-8+. The van der Waals surface area contributed by atoms with E-state index in [0.717, 1.165) is 25.3 Å². The third-order valence-electron chi connectivity index (χ3n) is 1.54. The lowest BCUT2D eigenvalue weighted by molar-refractivity contribution is 0.209. The van der Waals surface area contributed by atoms with Gasteiger partial charge in [-0.1, -0.05) is 13.8 Å². The van der Waals surface area contributed by atoms with Crippen molar-refractivity contribution >= 4 is 5.71 Å². The van der Waals surface area contributed by atoms with Crippen LogP contribution in [0, 0.1) is 5.92 Å². The smallest absolute Gasteiger partial charge is 0.0867 e. The van der Waals surface area contributed by atoms with Gasteiger partial charge in [-0.25, -0.2) is 0 Å². The van der Waals surface area contributed by atoms with E-state index in [4.69, 9.17) is 4.74 Å². The normalized spacial score (nSPS) is 21.5. The van der Waals surface area contributed by atoms with E-state index in [-0.39, 0.29) is 0 Å². The Labute approximate surface area is 67.8 Å². The highest BCUT2D eigenvalue weighted by atomic mass is 16.5. The minimum atomic E-state index is 0.654. The van der Waals surface area contributed by atoms with Crippen LogP contribution in [0.3, 0.4) is 0 Å². The van der Waals surface area contributed by atoms with Crippen LogP contribution in [0.5, 0.6) is 0 Å². The SMILES string of the molecule is CC(C)CN/N=C1\CCOC1. The maximum atomic E-state index is 5.14. The van der Waals surface area contributed by atoms with Crippen LogP contribution < -0.4 is 5.43 Å². The molecule has 1 saturated heterocycles. The largest absolute Gasteiger partial charge is 0.375 e. The third-order valence-corrected chi connectivity index (χ3v) is 1.54. The fourth-order valence-corrected chi connectivity index (χ4v) is 0.880. The molecule has 1 rings (SSSR count). The Hall–Kier alpha value is -0.570. The van der Waals surface area contributed by atoms with Crippen molar-refractivity contribution in [3.05, 3.63) is 0 Å². The van der Waals surface area contributed by atoms with Gasteiger partial charge >= 0.3 is 0 Å². The molecule has 0 aromatic rings. The average Bonchev–Trinajstić information content (AvgIpc) is 2.39. The topological polar surface area (TPSA) is 33.6 Å². The summed E-state index contributed by atoms with van der Waals surface area (Å²) in [5.74, 6) is 0.654. The predicted octanol–water partition coefficient (Wildman–Crippen LogP) is 1.01. The highest BCUT2D eigenvalue weighted by Crippen LogP contribution is 1.98. The van der Waals surface area contributed by atoms with Crippen LogP contribution in [0.1, 0.15) is 20.3 Å². The maximum Gasteiger partial charge on any atom is 0.0867 e. The Balaban J connectivity index is 2.13. The molecule has 0 aromatic heterocycles. The van der Waals surface area contributed by atoms with Crippen molar-refractivity contribution < 1.29 is 4.74 Å². The quantitative estimate of drug-likeness (QED) is 0.619.